The highest BCUT2D eigenvalue weighted by molar-refractivity contribution is 5.75. The first-order valence-corrected chi connectivity index (χ1v) is 4.16. The number of carbonyl (C=O) groups excluding carboxylic acids is 1. The van der Waals surface area contributed by atoms with Crippen molar-refractivity contribution in [1.82, 2.24) is 0 Å². The van der Waals surface area contributed by atoms with Gasteiger partial charge in [0, 0.05) is 19.6 Å². The molecule has 1 rings (SSSR count). The summed E-state index contributed by atoms with van der Waals surface area (Å²) in [5.41, 5.74) is 5.74. The van der Waals surface area contributed by atoms with Crippen LogP contribution in [0.25, 0.3) is 0 Å². The van der Waals surface area contributed by atoms with Crippen molar-refractivity contribution in [2.75, 3.05) is 20.8 Å². The summed E-state index contributed by atoms with van der Waals surface area (Å²) in [6.45, 7) is 0.411. The molecule has 0 unspecified atom stereocenters. The van der Waals surface area contributed by atoms with Gasteiger partial charge in [-0.2, -0.15) is 0 Å². The molecule has 2 N–H and O–H groups in total. The monoisotopic (exact) mass is 189 g/mol. The average molecular weight is 189 g/mol. The zero-order valence-electron chi connectivity index (χ0n) is 7.86. The number of carbonyl (C=O) groups is 1. The van der Waals surface area contributed by atoms with E-state index in [1.807, 2.05) is 0 Å². The highest BCUT2D eigenvalue weighted by atomic mass is 16.6. The smallest absolute Gasteiger partial charge is 0.335 e. The normalized spacial score (nSPS) is 33.3. The van der Waals surface area contributed by atoms with Gasteiger partial charge in [0.2, 0.25) is 0 Å². The Morgan fingerprint density at radius 3 is 2.85 bits per heavy atom. The molecule has 0 spiro atoms. The SMILES string of the molecule is COC[C@@H]1O[C@@H](C(=O)OC)C[C@@H]1N. The lowest BCUT2D eigenvalue weighted by atomic mass is 10.1. The van der Waals surface area contributed by atoms with Gasteiger partial charge < -0.3 is 19.9 Å². The summed E-state index contributed by atoms with van der Waals surface area (Å²) in [5.74, 6) is -0.367. The second-order valence-corrected chi connectivity index (χ2v) is 3.04. The molecule has 5 heteroatoms. The summed E-state index contributed by atoms with van der Waals surface area (Å²) >= 11 is 0. The van der Waals surface area contributed by atoms with E-state index in [4.69, 9.17) is 15.2 Å². The molecule has 0 aliphatic carbocycles. The largest absolute Gasteiger partial charge is 0.467 e. The summed E-state index contributed by atoms with van der Waals surface area (Å²) in [6, 6.07) is -0.149. The Bertz CT molecular complexity index is 185. The van der Waals surface area contributed by atoms with Gasteiger partial charge in [0.25, 0.3) is 0 Å². The van der Waals surface area contributed by atoms with Crippen molar-refractivity contribution in [3.05, 3.63) is 0 Å². The lowest BCUT2D eigenvalue weighted by Crippen LogP contribution is -2.33. The fraction of sp³-hybridized carbons (Fsp3) is 0.875. The van der Waals surface area contributed by atoms with Crippen molar-refractivity contribution < 1.29 is 19.0 Å². The van der Waals surface area contributed by atoms with Crippen LogP contribution >= 0.6 is 0 Å². The van der Waals surface area contributed by atoms with Crippen molar-refractivity contribution in [3.63, 3.8) is 0 Å². The van der Waals surface area contributed by atoms with Gasteiger partial charge in [-0.25, -0.2) is 4.79 Å². The van der Waals surface area contributed by atoms with Gasteiger partial charge in [-0.05, 0) is 0 Å². The summed E-state index contributed by atoms with van der Waals surface area (Å²) in [7, 11) is 2.91. The molecule has 0 amide bonds. The third-order valence-electron chi connectivity index (χ3n) is 2.10. The summed E-state index contributed by atoms with van der Waals surface area (Å²) < 4.78 is 14.8. The Balaban J connectivity index is 2.44. The van der Waals surface area contributed by atoms with Crippen LogP contribution in [0.4, 0.5) is 0 Å². The maximum atomic E-state index is 11.1. The Hall–Kier alpha value is -0.650. The average Bonchev–Trinajstić information content (AvgIpc) is 2.47. The second kappa shape index (κ2) is 4.55. The first-order valence-electron chi connectivity index (χ1n) is 4.16. The molecule has 0 aromatic heterocycles. The molecule has 13 heavy (non-hydrogen) atoms. The minimum absolute atomic E-state index is 0.149. The van der Waals surface area contributed by atoms with Gasteiger partial charge in [0.15, 0.2) is 6.10 Å². The lowest BCUT2D eigenvalue weighted by Gasteiger charge is -2.12. The van der Waals surface area contributed by atoms with E-state index in [0.29, 0.717) is 13.0 Å². The maximum absolute atomic E-state index is 11.1. The third-order valence-corrected chi connectivity index (χ3v) is 2.10. The van der Waals surface area contributed by atoms with Crippen LogP contribution in [0.1, 0.15) is 6.42 Å². The van der Waals surface area contributed by atoms with E-state index in [0.717, 1.165) is 0 Å². The molecule has 0 bridgehead atoms. The molecule has 5 nitrogen and oxygen atoms in total. The fourth-order valence-electron chi connectivity index (χ4n) is 1.38. The Labute approximate surface area is 77.1 Å². The topological polar surface area (TPSA) is 70.8 Å². The zero-order chi connectivity index (χ0) is 9.84. The number of hydrogen-bond donors (Lipinski definition) is 1. The molecule has 1 saturated heterocycles. The van der Waals surface area contributed by atoms with Crippen molar-refractivity contribution in [3.8, 4) is 0 Å². The molecule has 1 fully saturated rings. The molecule has 0 aromatic rings. The molecular weight excluding hydrogens is 174 g/mol. The van der Waals surface area contributed by atoms with Crippen LogP contribution in [0, 0.1) is 0 Å². The van der Waals surface area contributed by atoms with Crippen molar-refractivity contribution in [2.24, 2.45) is 5.73 Å². The third kappa shape index (κ3) is 2.40. The first kappa shape index (κ1) is 10.4. The van der Waals surface area contributed by atoms with E-state index >= 15 is 0 Å². The van der Waals surface area contributed by atoms with Crippen LogP contribution in [0.5, 0.6) is 0 Å². The van der Waals surface area contributed by atoms with E-state index in [-0.39, 0.29) is 18.1 Å². The van der Waals surface area contributed by atoms with Crippen LogP contribution in [-0.2, 0) is 19.0 Å². The van der Waals surface area contributed by atoms with Crippen LogP contribution < -0.4 is 5.73 Å². The van der Waals surface area contributed by atoms with Gasteiger partial charge in [-0.15, -0.1) is 0 Å². The van der Waals surface area contributed by atoms with E-state index < -0.39 is 6.10 Å². The number of hydrogen-bond acceptors (Lipinski definition) is 5. The minimum Gasteiger partial charge on any atom is -0.467 e. The molecule has 0 radical (unpaired) electrons. The van der Waals surface area contributed by atoms with E-state index in [1.165, 1.54) is 7.11 Å². The van der Waals surface area contributed by atoms with E-state index in [2.05, 4.69) is 4.74 Å². The molecular formula is C8H15NO4. The number of methoxy groups -OCH3 is 2. The van der Waals surface area contributed by atoms with E-state index in [1.54, 1.807) is 7.11 Å². The van der Waals surface area contributed by atoms with Crippen LogP contribution in [-0.4, -0.2) is 45.0 Å². The molecule has 1 aliphatic heterocycles. The Kier molecular flexibility index (Phi) is 3.65. The number of ether oxygens (including phenoxy) is 3. The van der Waals surface area contributed by atoms with Crippen molar-refractivity contribution in [1.29, 1.82) is 0 Å². The lowest BCUT2D eigenvalue weighted by molar-refractivity contribution is -0.154. The quantitative estimate of drug-likeness (QED) is 0.594. The van der Waals surface area contributed by atoms with Crippen LogP contribution in [0.3, 0.4) is 0 Å². The van der Waals surface area contributed by atoms with Gasteiger partial charge in [-0.3, -0.25) is 0 Å². The van der Waals surface area contributed by atoms with Gasteiger partial charge in [0.1, 0.15) is 0 Å². The van der Waals surface area contributed by atoms with E-state index in [9.17, 15) is 4.79 Å². The molecule has 76 valence electrons. The second-order valence-electron chi connectivity index (χ2n) is 3.04. The van der Waals surface area contributed by atoms with Crippen molar-refractivity contribution >= 4 is 5.97 Å². The first-order chi connectivity index (χ1) is 6.19. The van der Waals surface area contributed by atoms with Crippen LogP contribution in [0.15, 0.2) is 0 Å². The summed E-state index contributed by atoms with van der Waals surface area (Å²) in [5, 5.41) is 0. The van der Waals surface area contributed by atoms with Gasteiger partial charge >= 0.3 is 5.97 Å². The van der Waals surface area contributed by atoms with Crippen molar-refractivity contribution in [2.45, 2.75) is 24.7 Å². The Morgan fingerprint density at radius 2 is 2.31 bits per heavy atom. The summed E-state index contributed by atoms with van der Waals surface area (Å²) in [6.07, 6.45) is -0.227. The molecule has 1 aliphatic rings. The van der Waals surface area contributed by atoms with Crippen LogP contribution in [0.2, 0.25) is 0 Å². The standard InChI is InChI=1S/C8H15NO4/c1-11-4-7-5(9)3-6(13-7)8(10)12-2/h5-7H,3-4,9H2,1-2H3/t5-,6+,7-/m0/s1. The fourth-order valence-corrected chi connectivity index (χ4v) is 1.38. The zero-order valence-corrected chi connectivity index (χ0v) is 7.86. The van der Waals surface area contributed by atoms with Gasteiger partial charge in [-0.1, -0.05) is 0 Å². The Morgan fingerprint density at radius 1 is 1.62 bits per heavy atom. The predicted octanol–water partition coefficient (Wildman–Crippen LogP) is -0.709. The number of esters is 1. The highest BCUT2D eigenvalue weighted by Gasteiger charge is 2.37. The number of nitrogens with two attached hydrogens (primary N) is 1. The molecule has 0 aromatic carbocycles. The summed E-state index contributed by atoms with van der Waals surface area (Å²) in [4.78, 5) is 11.1. The van der Waals surface area contributed by atoms with Gasteiger partial charge in [0.05, 0.1) is 19.8 Å². The highest BCUT2D eigenvalue weighted by Crippen LogP contribution is 2.19. The molecule has 0 saturated carbocycles. The minimum atomic E-state index is -0.528. The maximum Gasteiger partial charge on any atom is 0.335 e. The molecule has 1 heterocycles. The number of rotatable bonds is 3. The predicted molar refractivity (Wildman–Crippen MR) is 45.1 cm³/mol. The molecule has 3 atom stereocenters.